The van der Waals surface area contributed by atoms with Crippen LogP contribution in [0.4, 0.5) is 5.82 Å². The van der Waals surface area contributed by atoms with E-state index in [4.69, 9.17) is 5.73 Å². The van der Waals surface area contributed by atoms with Crippen LogP contribution < -0.4 is 5.73 Å². The van der Waals surface area contributed by atoms with Crippen molar-refractivity contribution in [3.05, 3.63) is 70.2 Å². The minimum atomic E-state index is 0.259. The Morgan fingerprint density at radius 3 is 2.26 bits per heavy atom. The molecule has 0 radical (unpaired) electrons. The highest BCUT2D eigenvalue weighted by Gasteiger charge is 2.18. The van der Waals surface area contributed by atoms with E-state index < -0.39 is 0 Å². The highest BCUT2D eigenvalue weighted by atomic mass is 79.9. The predicted octanol–water partition coefficient (Wildman–Crippen LogP) is 4.94. The molecule has 0 aliphatic carbocycles. The van der Waals surface area contributed by atoms with E-state index >= 15 is 0 Å². The Morgan fingerprint density at radius 1 is 1.00 bits per heavy atom. The van der Waals surface area contributed by atoms with Crippen LogP contribution in [0.2, 0.25) is 0 Å². The van der Waals surface area contributed by atoms with Crippen molar-refractivity contribution in [2.24, 2.45) is 0 Å². The number of hydrogen-bond acceptors (Lipinski definition) is 3. The van der Waals surface area contributed by atoms with Crippen LogP contribution in [0.3, 0.4) is 0 Å². The minimum Gasteiger partial charge on any atom is -0.383 e. The summed E-state index contributed by atoms with van der Waals surface area (Å²) in [4.78, 5) is 4.46. The van der Waals surface area contributed by atoms with Crippen molar-refractivity contribution in [2.45, 2.75) is 6.92 Å². The molecule has 0 bridgehead atoms. The van der Waals surface area contributed by atoms with Crippen molar-refractivity contribution in [3.63, 3.8) is 0 Å². The van der Waals surface area contributed by atoms with Gasteiger partial charge in [-0.05, 0) is 30.2 Å². The van der Waals surface area contributed by atoms with E-state index in [0.717, 1.165) is 32.4 Å². The molecule has 3 nitrogen and oxygen atoms in total. The van der Waals surface area contributed by atoms with Gasteiger partial charge in [-0.25, -0.2) is 4.98 Å². The van der Waals surface area contributed by atoms with E-state index in [1.54, 1.807) is 0 Å². The van der Waals surface area contributed by atoms with E-state index in [1.807, 2.05) is 61.5 Å². The Kier molecular flexibility index (Phi) is 4.14. The molecule has 0 unspecified atom stereocenters. The Balaban J connectivity index is 2.32. The number of pyridine rings is 1. The number of anilines is 1. The first-order chi connectivity index (χ1) is 11.1. The number of nitrogens with two attached hydrogens (primary N) is 1. The second-order valence-electron chi connectivity index (χ2n) is 5.21. The maximum Gasteiger partial charge on any atom is 0.142 e. The number of nitriles is 1. The molecule has 4 heteroatoms. The zero-order valence-corrected chi connectivity index (χ0v) is 14.1. The molecule has 0 saturated heterocycles. The average Bonchev–Trinajstić information content (AvgIpc) is 2.58. The fourth-order valence-corrected chi connectivity index (χ4v) is 2.93. The lowest BCUT2D eigenvalue weighted by molar-refractivity contribution is 1.26. The van der Waals surface area contributed by atoms with Gasteiger partial charge in [0.25, 0.3) is 0 Å². The number of nitrogen functional groups attached to an aromatic ring is 1. The van der Waals surface area contributed by atoms with Crippen molar-refractivity contribution in [2.75, 3.05) is 5.73 Å². The number of rotatable bonds is 2. The Morgan fingerprint density at radius 2 is 1.65 bits per heavy atom. The minimum absolute atomic E-state index is 0.259. The van der Waals surface area contributed by atoms with Crippen LogP contribution in [0.1, 0.15) is 11.1 Å². The summed E-state index contributed by atoms with van der Waals surface area (Å²) in [5, 5.41) is 9.52. The van der Waals surface area contributed by atoms with E-state index in [0.29, 0.717) is 5.56 Å². The number of benzene rings is 2. The van der Waals surface area contributed by atoms with Crippen molar-refractivity contribution in [1.29, 1.82) is 5.26 Å². The molecule has 2 aromatic carbocycles. The Hall–Kier alpha value is -2.64. The summed E-state index contributed by atoms with van der Waals surface area (Å²) in [7, 11) is 0. The smallest absolute Gasteiger partial charge is 0.142 e. The summed E-state index contributed by atoms with van der Waals surface area (Å²) < 4.78 is 0.989. The van der Waals surface area contributed by atoms with Gasteiger partial charge in [-0.15, -0.1) is 0 Å². The molecule has 3 rings (SSSR count). The van der Waals surface area contributed by atoms with Gasteiger partial charge < -0.3 is 5.73 Å². The van der Waals surface area contributed by atoms with Crippen molar-refractivity contribution < 1.29 is 0 Å². The van der Waals surface area contributed by atoms with Crippen LogP contribution >= 0.6 is 15.9 Å². The number of nitrogens with zero attached hydrogens (tertiary/aromatic N) is 2. The first-order valence-electron chi connectivity index (χ1n) is 7.13. The first-order valence-corrected chi connectivity index (χ1v) is 7.92. The van der Waals surface area contributed by atoms with Crippen LogP contribution in [-0.4, -0.2) is 4.98 Å². The van der Waals surface area contributed by atoms with Gasteiger partial charge in [0.05, 0.1) is 5.69 Å². The lowest BCUT2D eigenvalue weighted by Crippen LogP contribution is -2.03. The van der Waals surface area contributed by atoms with E-state index in [2.05, 4.69) is 27.0 Å². The zero-order chi connectivity index (χ0) is 16.4. The molecular weight excluding hydrogens is 350 g/mol. The SMILES string of the molecule is Cc1c(-c2ccccc2)nc(N)c(C#N)c1-c1ccc(Br)cc1. The molecule has 0 spiro atoms. The first kappa shape index (κ1) is 15.3. The standard InChI is InChI=1S/C19H14BrN3/c1-12-17(13-7-9-15(20)10-8-13)16(11-21)19(22)23-18(12)14-5-3-2-4-6-14/h2-10H,1H3,(H2,22,23). The highest BCUT2D eigenvalue weighted by molar-refractivity contribution is 9.10. The molecule has 112 valence electrons. The maximum absolute atomic E-state index is 9.52. The van der Waals surface area contributed by atoms with Crippen molar-refractivity contribution >= 4 is 21.7 Å². The third-order valence-electron chi connectivity index (χ3n) is 3.76. The molecule has 3 aromatic rings. The summed E-state index contributed by atoms with van der Waals surface area (Å²) in [5.41, 5.74) is 11.0. The monoisotopic (exact) mass is 363 g/mol. The molecule has 0 aliphatic heterocycles. The van der Waals surface area contributed by atoms with Gasteiger partial charge in [0.2, 0.25) is 0 Å². The van der Waals surface area contributed by atoms with Gasteiger partial charge in [-0.3, -0.25) is 0 Å². The van der Waals surface area contributed by atoms with Crippen molar-refractivity contribution in [1.82, 2.24) is 4.98 Å². The molecule has 1 aromatic heterocycles. The third kappa shape index (κ3) is 2.84. The summed E-state index contributed by atoms with van der Waals surface area (Å²) in [6.45, 7) is 1.98. The van der Waals surface area contributed by atoms with Gasteiger partial charge in [0.15, 0.2) is 0 Å². The van der Waals surface area contributed by atoms with Crippen LogP contribution in [-0.2, 0) is 0 Å². The summed E-state index contributed by atoms with van der Waals surface area (Å²) in [5.74, 6) is 0.259. The quantitative estimate of drug-likeness (QED) is 0.701. The molecule has 0 amide bonds. The molecule has 1 heterocycles. The number of aromatic nitrogens is 1. The topological polar surface area (TPSA) is 62.7 Å². The second-order valence-corrected chi connectivity index (χ2v) is 6.12. The largest absolute Gasteiger partial charge is 0.383 e. The number of hydrogen-bond donors (Lipinski definition) is 1. The predicted molar refractivity (Wildman–Crippen MR) is 96.7 cm³/mol. The molecule has 0 aliphatic rings. The lowest BCUT2D eigenvalue weighted by Gasteiger charge is -2.15. The van der Waals surface area contributed by atoms with Gasteiger partial charge >= 0.3 is 0 Å². The molecule has 0 atom stereocenters. The van der Waals surface area contributed by atoms with E-state index in [1.165, 1.54) is 0 Å². The lowest BCUT2D eigenvalue weighted by atomic mass is 9.93. The summed E-state index contributed by atoms with van der Waals surface area (Å²) in [6.07, 6.45) is 0. The maximum atomic E-state index is 9.52. The molecule has 2 N–H and O–H groups in total. The van der Waals surface area contributed by atoms with Gasteiger partial charge in [-0.2, -0.15) is 5.26 Å². The van der Waals surface area contributed by atoms with Gasteiger partial charge in [0, 0.05) is 15.6 Å². The van der Waals surface area contributed by atoms with Crippen LogP contribution in [0, 0.1) is 18.3 Å². The van der Waals surface area contributed by atoms with Crippen LogP contribution in [0.15, 0.2) is 59.1 Å². The molecule has 23 heavy (non-hydrogen) atoms. The van der Waals surface area contributed by atoms with Crippen LogP contribution in [0.5, 0.6) is 0 Å². The normalized spacial score (nSPS) is 10.3. The van der Waals surface area contributed by atoms with E-state index in [9.17, 15) is 5.26 Å². The van der Waals surface area contributed by atoms with E-state index in [-0.39, 0.29) is 5.82 Å². The van der Waals surface area contributed by atoms with Crippen LogP contribution in [0.25, 0.3) is 22.4 Å². The third-order valence-corrected chi connectivity index (χ3v) is 4.29. The molecular formula is C19H14BrN3. The summed E-state index contributed by atoms with van der Waals surface area (Å²) >= 11 is 3.44. The zero-order valence-electron chi connectivity index (χ0n) is 12.5. The fourth-order valence-electron chi connectivity index (χ4n) is 2.66. The fraction of sp³-hybridized carbons (Fsp3) is 0.0526. The Bertz CT molecular complexity index is 895. The average molecular weight is 364 g/mol. The summed E-state index contributed by atoms with van der Waals surface area (Å²) in [6, 6.07) is 19.9. The second kappa shape index (κ2) is 6.23. The number of halogens is 1. The van der Waals surface area contributed by atoms with Crippen molar-refractivity contribution in [3.8, 4) is 28.5 Å². The Labute approximate surface area is 143 Å². The van der Waals surface area contributed by atoms with Gasteiger partial charge in [0.1, 0.15) is 17.5 Å². The highest BCUT2D eigenvalue weighted by Crippen LogP contribution is 2.36. The molecule has 0 fully saturated rings. The molecule has 0 saturated carbocycles. The van der Waals surface area contributed by atoms with Gasteiger partial charge in [-0.1, -0.05) is 58.4 Å².